The molecule has 1 saturated carbocycles. The van der Waals surface area contributed by atoms with E-state index in [1.807, 2.05) is 41.3 Å². The number of aryl methyl sites for hydroxylation is 1. The molecule has 2 atom stereocenters. The van der Waals surface area contributed by atoms with Crippen molar-refractivity contribution in [3.8, 4) is 27.9 Å². The zero-order valence-corrected chi connectivity index (χ0v) is 21.8. The first kappa shape index (κ1) is 23.6. The molecule has 0 saturated heterocycles. The number of aromatic amines is 1. The first-order valence-electron chi connectivity index (χ1n) is 12.8. The molecule has 6 nitrogen and oxygen atoms in total. The molecule has 2 heterocycles. The molecule has 7 rings (SSSR count). The third-order valence-corrected chi connectivity index (χ3v) is 8.52. The summed E-state index contributed by atoms with van der Waals surface area (Å²) in [6.07, 6.45) is 4.48. The second-order valence-corrected chi connectivity index (χ2v) is 10.8. The zero-order valence-electron chi connectivity index (χ0n) is 21.0. The molecule has 192 valence electrons. The van der Waals surface area contributed by atoms with Crippen LogP contribution >= 0.6 is 11.6 Å². The number of carbonyl (C=O) groups is 2. The van der Waals surface area contributed by atoms with E-state index < -0.39 is 11.4 Å². The predicted octanol–water partition coefficient (Wildman–Crippen LogP) is 7.18. The van der Waals surface area contributed by atoms with Crippen molar-refractivity contribution >= 4 is 29.2 Å². The van der Waals surface area contributed by atoms with Crippen LogP contribution < -0.4 is 5.32 Å². The molecule has 1 amide bonds. The number of rotatable bonds is 5. The molecule has 39 heavy (non-hydrogen) atoms. The van der Waals surface area contributed by atoms with Crippen LogP contribution in [-0.4, -0.2) is 26.8 Å². The van der Waals surface area contributed by atoms with E-state index >= 15 is 0 Å². The molecular formula is C32H24ClN3O3. The number of aromatic nitrogens is 2. The van der Waals surface area contributed by atoms with Gasteiger partial charge in [0.1, 0.15) is 0 Å². The minimum atomic E-state index is -0.959. The van der Waals surface area contributed by atoms with Crippen molar-refractivity contribution in [1.29, 1.82) is 0 Å². The van der Waals surface area contributed by atoms with E-state index in [-0.39, 0.29) is 17.4 Å². The van der Waals surface area contributed by atoms with Crippen LogP contribution in [0.1, 0.15) is 39.4 Å². The molecule has 0 bridgehead atoms. The lowest BCUT2D eigenvalue weighted by Crippen LogP contribution is -2.21. The van der Waals surface area contributed by atoms with Gasteiger partial charge in [-0.2, -0.15) is 0 Å². The van der Waals surface area contributed by atoms with Crippen molar-refractivity contribution in [3.63, 3.8) is 0 Å². The van der Waals surface area contributed by atoms with E-state index in [1.165, 1.54) is 0 Å². The molecule has 1 fully saturated rings. The lowest BCUT2D eigenvalue weighted by molar-refractivity contribution is -0.118. The number of nitrogens with zero attached hydrogens (tertiary/aromatic N) is 1. The summed E-state index contributed by atoms with van der Waals surface area (Å²) in [7, 11) is 0. The van der Waals surface area contributed by atoms with Crippen molar-refractivity contribution in [1.82, 2.24) is 9.78 Å². The van der Waals surface area contributed by atoms with Gasteiger partial charge in [0.05, 0.1) is 21.7 Å². The number of anilines is 1. The van der Waals surface area contributed by atoms with Crippen LogP contribution in [0.25, 0.3) is 27.9 Å². The zero-order chi connectivity index (χ0) is 26.9. The van der Waals surface area contributed by atoms with E-state index in [9.17, 15) is 14.7 Å². The van der Waals surface area contributed by atoms with Crippen LogP contribution in [0.4, 0.5) is 5.69 Å². The second-order valence-electron chi connectivity index (χ2n) is 10.4. The Balaban J connectivity index is 1.21. The number of carboxylic acid groups (broad SMARTS) is 1. The van der Waals surface area contributed by atoms with Crippen molar-refractivity contribution in [2.75, 3.05) is 5.32 Å². The van der Waals surface area contributed by atoms with E-state index in [0.717, 1.165) is 44.8 Å². The monoisotopic (exact) mass is 533 g/mol. The molecule has 1 aliphatic heterocycles. The van der Waals surface area contributed by atoms with E-state index in [1.54, 1.807) is 13.0 Å². The molecule has 7 heteroatoms. The maximum atomic E-state index is 13.3. The summed E-state index contributed by atoms with van der Waals surface area (Å²) in [5.74, 6) is -1.10. The Bertz CT molecular complexity index is 1770. The Hall–Kier alpha value is -4.55. The number of carbonyl (C=O) groups excluding carboxylic acids is 1. The fourth-order valence-electron chi connectivity index (χ4n) is 5.89. The quantitative estimate of drug-likeness (QED) is 0.224. The number of aromatic carboxylic acids is 1. The lowest BCUT2D eigenvalue weighted by Gasteiger charge is -2.13. The van der Waals surface area contributed by atoms with Crippen LogP contribution in [0.3, 0.4) is 0 Å². The number of halogens is 1. The van der Waals surface area contributed by atoms with Gasteiger partial charge in [0.2, 0.25) is 5.91 Å². The maximum absolute atomic E-state index is 13.3. The summed E-state index contributed by atoms with van der Waals surface area (Å²) in [5, 5.41) is 16.3. The van der Waals surface area contributed by atoms with Crippen molar-refractivity contribution in [2.45, 2.75) is 24.7 Å². The van der Waals surface area contributed by atoms with Gasteiger partial charge in [0, 0.05) is 29.6 Å². The van der Waals surface area contributed by atoms with Gasteiger partial charge in [-0.1, -0.05) is 60.1 Å². The number of hydrogen-bond donors (Lipinski definition) is 3. The Labute approximate surface area is 229 Å². The highest BCUT2D eigenvalue weighted by Crippen LogP contribution is 2.65. The number of hydrogen-bond acceptors (Lipinski definition) is 2. The topological polar surface area (TPSA) is 87.1 Å². The summed E-state index contributed by atoms with van der Waals surface area (Å²) in [4.78, 5) is 25.0. The third-order valence-electron chi connectivity index (χ3n) is 8.21. The average Bonchev–Trinajstić information content (AvgIpc) is 3.59. The van der Waals surface area contributed by atoms with Gasteiger partial charge >= 0.3 is 5.97 Å². The SMILES string of the molecule is Cc1ccc(C2CC23C(=O)Nc2cc(Cl)c(-c4ccc(-c5ccc(-n6cc[nH]6)cc5)cc4)cc23)cc1C(=O)O. The highest BCUT2D eigenvalue weighted by atomic mass is 35.5. The fourth-order valence-corrected chi connectivity index (χ4v) is 6.16. The smallest absolute Gasteiger partial charge is 0.335 e. The van der Waals surface area contributed by atoms with Crippen molar-refractivity contribution in [2.24, 2.45) is 0 Å². The molecule has 1 aromatic heterocycles. The first-order valence-corrected chi connectivity index (χ1v) is 13.2. The van der Waals surface area contributed by atoms with Gasteiger partial charge in [-0.3, -0.25) is 9.48 Å². The van der Waals surface area contributed by atoms with Crippen LogP contribution in [-0.2, 0) is 10.2 Å². The number of benzene rings is 4. The van der Waals surface area contributed by atoms with Crippen molar-refractivity contribution in [3.05, 3.63) is 119 Å². The molecule has 5 aromatic rings. The minimum absolute atomic E-state index is 0.0594. The van der Waals surface area contributed by atoms with Gasteiger partial charge in [-0.25, -0.2) is 4.79 Å². The summed E-state index contributed by atoms with van der Waals surface area (Å²) in [6, 6.07) is 25.9. The lowest BCUT2D eigenvalue weighted by atomic mass is 9.89. The van der Waals surface area contributed by atoms with E-state index in [2.05, 4.69) is 58.9 Å². The summed E-state index contributed by atoms with van der Waals surface area (Å²) < 4.78 is 1.95. The van der Waals surface area contributed by atoms with Gasteiger partial charge < -0.3 is 15.5 Å². The summed E-state index contributed by atoms with van der Waals surface area (Å²) >= 11 is 6.72. The third kappa shape index (κ3) is 3.63. The number of H-pyrrole nitrogens is 1. The van der Waals surface area contributed by atoms with E-state index in [4.69, 9.17) is 11.6 Å². The number of nitrogens with one attached hydrogen (secondary N) is 2. The summed E-state index contributed by atoms with van der Waals surface area (Å²) in [5.41, 5.74) is 7.90. The first-order chi connectivity index (χ1) is 18.8. The molecule has 2 aliphatic rings. The highest BCUT2D eigenvalue weighted by molar-refractivity contribution is 6.34. The number of amides is 1. The average molecular weight is 534 g/mol. The van der Waals surface area contributed by atoms with E-state index in [0.29, 0.717) is 17.0 Å². The number of carboxylic acids is 1. The normalized spacial score (nSPS) is 19.2. The molecular weight excluding hydrogens is 510 g/mol. The van der Waals surface area contributed by atoms with Gasteiger partial charge in [-0.15, -0.1) is 0 Å². The Morgan fingerprint density at radius 3 is 2.28 bits per heavy atom. The van der Waals surface area contributed by atoms with Crippen LogP contribution in [0.2, 0.25) is 5.02 Å². The Kier molecular flexibility index (Phi) is 5.12. The fraction of sp³-hybridized carbons (Fsp3) is 0.125. The Morgan fingerprint density at radius 2 is 1.64 bits per heavy atom. The van der Waals surface area contributed by atoms with Crippen LogP contribution in [0.15, 0.2) is 91.3 Å². The van der Waals surface area contributed by atoms with Crippen LogP contribution in [0, 0.1) is 6.92 Å². The second kappa shape index (κ2) is 8.48. The van der Waals surface area contributed by atoms with Crippen LogP contribution in [0.5, 0.6) is 0 Å². The van der Waals surface area contributed by atoms with Gasteiger partial charge in [0.25, 0.3) is 0 Å². The maximum Gasteiger partial charge on any atom is 0.335 e. The van der Waals surface area contributed by atoms with Gasteiger partial charge in [0.15, 0.2) is 0 Å². The van der Waals surface area contributed by atoms with Crippen molar-refractivity contribution < 1.29 is 14.7 Å². The predicted molar refractivity (Wildman–Crippen MR) is 152 cm³/mol. The summed E-state index contributed by atoms with van der Waals surface area (Å²) in [6.45, 7) is 1.78. The standard InChI is InChI=1S/C32H24ClN3O3/c1-18-2-3-22(14-24(18)30(37)38)27-17-32(27)26-15-25(28(33)16-29(26)35-31(32)39)21-6-4-19(5-7-21)20-8-10-23(11-9-20)36-13-12-34-36/h2-16,27,34H,17H2,1H3,(H,35,39)(H,37,38). The minimum Gasteiger partial charge on any atom is -0.478 e. The number of fused-ring (bicyclic) bond motifs is 2. The molecule has 0 radical (unpaired) electrons. The molecule has 2 unspecified atom stereocenters. The molecule has 4 aromatic carbocycles. The molecule has 1 spiro atoms. The highest BCUT2D eigenvalue weighted by Gasteiger charge is 2.65. The van der Waals surface area contributed by atoms with Gasteiger partial charge in [-0.05, 0) is 77.1 Å². The molecule has 3 N–H and O–H groups in total. The largest absolute Gasteiger partial charge is 0.478 e. The molecule has 1 aliphatic carbocycles. The Morgan fingerprint density at radius 1 is 0.974 bits per heavy atom.